The van der Waals surface area contributed by atoms with E-state index in [-0.39, 0.29) is 11.1 Å². The number of fused-ring (bicyclic) bond motifs is 3. The smallest absolute Gasteiger partial charge is 0.200 e. The summed E-state index contributed by atoms with van der Waals surface area (Å²) in [5, 5.41) is 2.75. The van der Waals surface area contributed by atoms with E-state index in [2.05, 4.69) is 0 Å². The summed E-state index contributed by atoms with van der Waals surface area (Å²) in [4.78, 5) is 0.706. The Morgan fingerprint density at radius 1 is 0.465 bits per heavy atom. The molecule has 0 saturated carbocycles. The van der Waals surface area contributed by atoms with Crippen molar-refractivity contribution in [1.29, 1.82) is 0 Å². The van der Waals surface area contributed by atoms with E-state index in [1.54, 1.807) is 0 Å². The van der Waals surface area contributed by atoms with Crippen LogP contribution in [0.5, 0.6) is 0 Å². The Balaban J connectivity index is 1.90. The van der Waals surface area contributed by atoms with Crippen LogP contribution < -0.4 is 0 Å². The predicted molar refractivity (Wildman–Crippen MR) is 118 cm³/mol. The zero-order valence-electron chi connectivity index (χ0n) is 20.7. The highest BCUT2D eigenvalue weighted by Crippen LogP contribution is 2.60. The summed E-state index contributed by atoms with van der Waals surface area (Å²) in [6.07, 6.45) is -22.9. The van der Waals surface area contributed by atoms with Gasteiger partial charge in [-0.15, -0.1) is 22.7 Å². The second-order valence-electron chi connectivity index (χ2n) is 9.82. The molecule has 0 radical (unpaired) electrons. The van der Waals surface area contributed by atoms with Crippen molar-refractivity contribution in [2.24, 2.45) is 0 Å². The molecule has 1 aliphatic carbocycles. The van der Waals surface area contributed by atoms with E-state index in [9.17, 15) is 79.0 Å². The lowest BCUT2D eigenvalue weighted by molar-refractivity contribution is -0.396. The first-order valence-corrected chi connectivity index (χ1v) is 13.4. The Morgan fingerprint density at radius 2 is 0.767 bits per heavy atom. The molecule has 0 N–H and O–H groups in total. The third-order valence-corrected chi connectivity index (χ3v) is 9.17. The third kappa shape index (κ3) is 5.38. The van der Waals surface area contributed by atoms with Gasteiger partial charge in [-0.2, -0.15) is 79.0 Å². The molecule has 0 aliphatic heterocycles. The highest BCUT2D eigenvalue weighted by Gasteiger charge is 2.82. The molecule has 0 bridgehead atoms. The van der Waals surface area contributed by atoms with Gasteiger partial charge in [0.1, 0.15) is 0 Å². The Bertz CT molecular complexity index is 1180. The average molecular weight is 698 g/mol. The first-order valence-electron chi connectivity index (χ1n) is 11.7. The highest BCUT2D eigenvalue weighted by molar-refractivity contribution is 7.21. The van der Waals surface area contributed by atoms with E-state index < -0.39 is 91.8 Å². The zero-order valence-corrected chi connectivity index (χ0v) is 22.3. The molecule has 246 valence electrons. The standard InChI is InChI=1S/C23H16F18S2/c24-16(25,18(28,29)20(32,33)22(36,37)38)7-1-5-15(11-3-9-42-13(11)14-12(15)4-10-43-14)6-2-8-17(26,27)19(30,31)21(34,35)23(39,40)41/h3-4,9-10H,1-2,5-8H2. The van der Waals surface area contributed by atoms with Crippen molar-refractivity contribution in [2.75, 3.05) is 0 Å². The van der Waals surface area contributed by atoms with Crippen LogP contribution in [0.2, 0.25) is 0 Å². The fourth-order valence-corrected chi connectivity index (χ4v) is 7.07. The van der Waals surface area contributed by atoms with E-state index in [1.807, 2.05) is 0 Å². The summed E-state index contributed by atoms with van der Waals surface area (Å²) in [5.74, 6) is -40.1. The molecule has 0 saturated heterocycles. The van der Waals surface area contributed by atoms with E-state index in [0.717, 1.165) is 22.7 Å². The van der Waals surface area contributed by atoms with E-state index in [1.165, 1.54) is 22.9 Å². The van der Waals surface area contributed by atoms with Crippen LogP contribution in [-0.2, 0) is 5.41 Å². The van der Waals surface area contributed by atoms with Crippen molar-refractivity contribution < 1.29 is 79.0 Å². The second-order valence-corrected chi connectivity index (χ2v) is 11.7. The van der Waals surface area contributed by atoms with Gasteiger partial charge in [0.25, 0.3) is 0 Å². The van der Waals surface area contributed by atoms with Crippen molar-refractivity contribution in [3.05, 3.63) is 34.0 Å². The molecule has 3 rings (SSSR count). The average Bonchev–Trinajstić information content (AvgIpc) is 3.54. The monoisotopic (exact) mass is 698 g/mol. The van der Waals surface area contributed by atoms with E-state index in [0.29, 0.717) is 9.75 Å². The fourth-order valence-electron chi connectivity index (χ4n) is 4.89. The van der Waals surface area contributed by atoms with Crippen LogP contribution in [-0.4, -0.2) is 47.9 Å². The largest absolute Gasteiger partial charge is 0.460 e. The molecule has 0 spiro atoms. The zero-order chi connectivity index (χ0) is 33.3. The molecular weight excluding hydrogens is 682 g/mol. The number of halogens is 18. The van der Waals surface area contributed by atoms with Gasteiger partial charge < -0.3 is 0 Å². The summed E-state index contributed by atoms with van der Waals surface area (Å²) in [5.41, 5.74) is -1.59. The lowest BCUT2D eigenvalue weighted by Gasteiger charge is -2.36. The van der Waals surface area contributed by atoms with Gasteiger partial charge in [0.2, 0.25) is 0 Å². The van der Waals surface area contributed by atoms with Gasteiger partial charge in [-0.05, 0) is 59.7 Å². The minimum absolute atomic E-state index is 0.116. The van der Waals surface area contributed by atoms with Crippen LogP contribution in [0.4, 0.5) is 79.0 Å². The number of hydrogen-bond acceptors (Lipinski definition) is 2. The third-order valence-electron chi connectivity index (χ3n) is 7.18. The summed E-state index contributed by atoms with van der Waals surface area (Å²) in [6.45, 7) is 0. The van der Waals surface area contributed by atoms with Crippen LogP contribution in [0.25, 0.3) is 9.75 Å². The Labute approximate surface area is 237 Å². The number of rotatable bonds is 12. The Hall–Kier alpha value is -1.86. The fraction of sp³-hybridized carbons (Fsp3) is 0.652. The predicted octanol–water partition coefficient (Wildman–Crippen LogP) is 11.4. The SMILES string of the molecule is FC(F)(F)C(F)(F)C(F)(F)C(F)(F)CCCC1(CCCC(F)(F)C(F)(F)C(F)(F)C(F)(F)F)c2ccsc2-c2sccc21. The molecule has 2 aromatic heterocycles. The van der Waals surface area contributed by atoms with Crippen LogP contribution >= 0.6 is 22.7 Å². The molecule has 43 heavy (non-hydrogen) atoms. The summed E-state index contributed by atoms with van der Waals surface area (Å²) in [7, 11) is 0. The Morgan fingerprint density at radius 3 is 1.05 bits per heavy atom. The van der Waals surface area contributed by atoms with Crippen molar-refractivity contribution in [2.45, 2.75) is 91.8 Å². The molecule has 0 aromatic carbocycles. The van der Waals surface area contributed by atoms with Crippen LogP contribution in [0.3, 0.4) is 0 Å². The molecule has 2 aromatic rings. The maximum atomic E-state index is 14.2. The molecule has 0 fully saturated rings. The van der Waals surface area contributed by atoms with Gasteiger partial charge in [-0.25, -0.2) is 0 Å². The normalized spacial score (nSPS) is 16.9. The molecule has 0 nitrogen and oxygen atoms in total. The van der Waals surface area contributed by atoms with E-state index in [4.69, 9.17) is 0 Å². The molecule has 2 heterocycles. The van der Waals surface area contributed by atoms with Gasteiger partial charge >= 0.3 is 47.9 Å². The molecule has 0 amide bonds. The van der Waals surface area contributed by atoms with Crippen molar-refractivity contribution in [3.63, 3.8) is 0 Å². The number of alkyl halides is 18. The highest BCUT2D eigenvalue weighted by atomic mass is 32.1. The number of thiophene rings is 2. The molecule has 0 unspecified atom stereocenters. The molecular formula is C23H16F18S2. The van der Waals surface area contributed by atoms with Crippen molar-refractivity contribution in [1.82, 2.24) is 0 Å². The second kappa shape index (κ2) is 10.6. The first-order chi connectivity index (χ1) is 19.1. The maximum Gasteiger partial charge on any atom is 0.460 e. The molecule has 20 heteroatoms. The maximum absolute atomic E-state index is 14.2. The molecule has 0 atom stereocenters. The summed E-state index contributed by atoms with van der Waals surface area (Å²) >= 11 is 1.97. The lowest BCUT2D eigenvalue weighted by atomic mass is 9.71. The number of hydrogen-bond donors (Lipinski definition) is 0. The van der Waals surface area contributed by atoms with Gasteiger partial charge in [-0.3, -0.25) is 0 Å². The van der Waals surface area contributed by atoms with Crippen LogP contribution in [0.15, 0.2) is 22.9 Å². The van der Waals surface area contributed by atoms with Gasteiger partial charge in [0.05, 0.1) is 0 Å². The van der Waals surface area contributed by atoms with Crippen LogP contribution in [0, 0.1) is 0 Å². The minimum Gasteiger partial charge on any atom is -0.200 e. The lowest BCUT2D eigenvalue weighted by Crippen LogP contribution is -2.60. The van der Waals surface area contributed by atoms with Gasteiger partial charge in [0.15, 0.2) is 0 Å². The Kier molecular flexibility index (Phi) is 8.79. The molecule has 1 aliphatic rings. The van der Waals surface area contributed by atoms with E-state index >= 15 is 0 Å². The van der Waals surface area contributed by atoms with Crippen molar-refractivity contribution in [3.8, 4) is 9.75 Å². The van der Waals surface area contributed by atoms with Gasteiger partial charge in [0, 0.05) is 28.0 Å². The quantitative estimate of drug-likeness (QED) is 0.194. The minimum atomic E-state index is -7.16. The topological polar surface area (TPSA) is 0 Å². The first kappa shape index (κ1) is 35.6. The summed E-state index contributed by atoms with van der Waals surface area (Å²) < 4.78 is 239. The summed E-state index contributed by atoms with van der Waals surface area (Å²) in [6, 6.07) is 2.56. The van der Waals surface area contributed by atoms with Crippen molar-refractivity contribution >= 4 is 22.7 Å². The van der Waals surface area contributed by atoms with Crippen LogP contribution in [0.1, 0.15) is 49.7 Å². The van der Waals surface area contributed by atoms with Gasteiger partial charge in [-0.1, -0.05) is 0 Å².